The lowest BCUT2D eigenvalue weighted by atomic mass is 9.99. The SMILES string of the molecule is COCCOCCCNCc1ccc2c(c1)CCCN2C. The summed E-state index contributed by atoms with van der Waals surface area (Å²) in [5.41, 5.74) is 4.27. The molecule has 1 N–H and O–H groups in total. The van der Waals surface area contributed by atoms with Gasteiger partial charge in [-0.15, -0.1) is 0 Å². The van der Waals surface area contributed by atoms with Crippen molar-refractivity contribution in [2.45, 2.75) is 25.8 Å². The number of ether oxygens (including phenoxy) is 2. The van der Waals surface area contributed by atoms with Gasteiger partial charge in [-0.25, -0.2) is 0 Å². The Morgan fingerprint density at radius 3 is 3.00 bits per heavy atom. The van der Waals surface area contributed by atoms with E-state index in [-0.39, 0.29) is 0 Å². The number of fused-ring (bicyclic) bond motifs is 1. The lowest BCUT2D eigenvalue weighted by Gasteiger charge is -2.27. The highest BCUT2D eigenvalue weighted by atomic mass is 16.5. The third-order valence-corrected chi connectivity index (χ3v) is 3.90. The zero-order valence-electron chi connectivity index (χ0n) is 13.4. The van der Waals surface area contributed by atoms with Crippen LogP contribution < -0.4 is 10.2 Å². The Morgan fingerprint density at radius 1 is 1.24 bits per heavy atom. The van der Waals surface area contributed by atoms with Crippen LogP contribution in [0.15, 0.2) is 18.2 Å². The average Bonchev–Trinajstić information content (AvgIpc) is 2.50. The van der Waals surface area contributed by atoms with Gasteiger partial charge in [0.2, 0.25) is 0 Å². The van der Waals surface area contributed by atoms with Crippen LogP contribution in [0.3, 0.4) is 0 Å². The van der Waals surface area contributed by atoms with E-state index in [2.05, 4.69) is 35.5 Å². The maximum atomic E-state index is 5.44. The van der Waals surface area contributed by atoms with Crippen LogP contribution >= 0.6 is 0 Å². The third kappa shape index (κ3) is 5.30. The Labute approximate surface area is 128 Å². The summed E-state index contributed by atoms with van der Waals surface area (Å²) in [4.78, 5) is 2.35. The molecule has 21 heavy (non-hydrogen) atoms. The van der Waals surface area contributed by atoms with E-state index in [4.69, 9.17) is 9.47 Å². The quantitative estimate of drug-likeness (QED) is 0.708. The summed E-state index contributed by atoms with van der Waals surface area (Å²) in [6, 6.07) is 6.86. The fraction of sp³-hybridized carbons (Fsp3) is 0.647. The van der Waals surface area contributed by atoms with Gasteiger partial charge in [-0.05, 0) is 43.0 Å². The van der Waals surface area contributed by atoms with Crippen molar-refractivity contribution in [1.29, 1.82) is 0 Å². The smallest absolute Gasteiger partial charge is 0.0700 e. The van der Waals surface area contributed by atoms with Crippen molar-refractivity contribution < 1.29 is 9.47 Å². The minimum absolute atomic E-state index is 0.678. The molecule has 118 valence electrons. The molecule has 0 saturated heterocycles. The van der Waals surface area contributed by atoms with Gasteiger partial charge in [0, 0.05) is 39.5 Å². The van der Waals surface area contributed by atoms with E-state index < -0.39 is 0 Å². The molecule has 0 aromatic heterocycles. The molecular formula is C17H28N2O2. The number of anilines is 1. The molecule has 0 fully saturated rings. The molecule has 0 spiro atoms. The van der Waals surface area contributed by atoms with E-state index in [0.29, 0.717) is 13.2 Å². The molecule has 1 aromatic carbocycles. The van der Waals surface area contributed by atoms with Gasteiger partial charge in [-0.1, -0.05) is 12.1 Å². The summed E-state index contributed by atoms with van der Waals surface area (Å²) in [6.07, 6.45) is 3.51. The largest absolute Gasteiger partial charge is 0.382 e. The third-order valence-electron chi connectivity index (χ3n) is 3.90. The van der Waals surface area contributed by atoms with Crippen molar-refractivity contribution in [2.24, 2.45) is 0 Å². The summed E-state index contributed by atoms with van der Waals surface area (Å²) in [7, 11) is 3.88. The topological polar surface area (TPSA) is 33.7 Å². The van der Waals surface area contributed by atoms with Crippen LogP contribution in [0.1, 0.15) is 24.0 Å². The van der Waals surface area contributed by atoms with Crippen LogP contribution in [0, 0.1) is 0 Å². The van der Waals surface area contributed by atoms with E-state index in [1.54, 1.807) is 7.11 Å². The van der Waals surface area contributed by atoms with Gasteiger partial charge in [0.25, 0.3) is 0 Å². The standard InChI is InChI=1S/C17H28N2O2/c1-19-9-3-5-16-13-15(6-7-17(16)19)14-18-8-4-10-21-12-11-20-2/h6-7,13,18H,3-5,8-12,14H2,1-2H3. The molecule has 1 aliphatic rings. The lowest BCUT2D eigenvalue weighted by molar-refractivity contribution is 0.0695. The fourth-order valence-corrected chi connectivity index (χ4v) is 2.72. The fourth-order valence-electron chi connectivity index (χ4n) is 2.72. The molecule has 0 bridgehead atoms. The molecule has 4 nitrogen and oxygen atoms in total. The second kappa shape index (κ2) is 9.03. The van der Waals surface area contributed by atoms with Crippen molar-refractivity contribution >= 4 is 5.69 Å². The van der Waals surface area contributed by atoms with Crippen molar-refractivity contribution in [3.05, 3.63) is 29.3 Å². The Kier molecular flexibility index (Phi) is 7.00. The normalized spacial score (nSPS) is 14.3. The molecule has 0 aliphatic carbocycles. The number of benzene rings is 1. The zero-order valence-corrected chi connectivity index (χ0v) is 13.4. The maximum Gasteiger partial charge on any atom is 0.0700 e. The Hall–Kier alpha value is -1.10. The Balaban J connectivity index is 1.65. The van der Waals surface area contributed by atoms with Gasteiger partial charge in [0.05, 0.1) is 13.2 Å². The van der Waals surface area contributed by atoms with E-state index in [0.717, 1.165) is 26.1 Å². The minimum Gasteiger partial charge on any atom is -0.382 e. The number of aryl methyl sites for hydroxylation is 1. The Bertz CT molecular complexity index is 423. The summed E-state index contributed by atoms with van der Waals surface area (Å²) in [5, 5.41) is 3.49. The number of methoxy groups -OCH3 is 1. The molecule has 0 unspecified atom stereocenters. The number of hydrogen-bond donors (Lipinski definition) is 1. The average molecular weight is 292 g/mol. The van der Waals surface area contributed by atoms with Gasteiger partial charge < -0.3 is 19.7 Å². The van der Waals surface area contributed by atoms with Gasteiger partial charge in [-0.3, -0.25) is 0 Å². The molecule has 4 heteroatoms. The van der Waals surface area contributed by atoms with E-state index in [1.165, 1.54) is 36.2 Å². The van der Waals surface area contributed by atoms with Gasteiger partial charge in [0.15, 0.2) is 0 Å². The molecule has 2 rings (SSSR count). The summed E-state index contributed by atoms with van der Waals surface area (Å²) in [5.74, 6) is 0. The van der Waals surface area contributed by atoms with Crippen molar-refractivity contribution in [2.75, 3.05) is 52.0 Å². The summed E-state index contributed by atoms with van der Waals surface area (Å²) in [6.45, 7) is 5.27. The van der Waals surface area contributed by atoms with E-state index in [9.17, 15) is 0 Å². The molecule has 1 aromatic rings. The molecular weight excluding hydrogens is 264 g/mol. The second-order valence-electron chi connectivity index (χ2n) is 5.62. The molecule has 0 radical (unpaired) electrons. The van der Waals surface area contributed by atoms with Gasteiger partial charge in [-0.2, -0.15) is 0 Å². The first-order valence-corrected chi connectivity index (χ1v) is 7.91. The Morgan fingerprint density at radius 2 is 2.14 bits per heavy atom. The molecule has 0 saturated carbocycles. The first-order chi connectivity index (χ1) is 10.3. The van der Waals surface area contributed by atoms with Crippen LogP contribution in [0.5, 0.6) is 0 Å². The molecule has 0 amide bonds. The van der Waals surface area contributed by atoms with E-state index >= 15 is 0 Å². The van der Waals surface area contributed by atoms with Gasteiger partial charge in [0.1, 0.15) is 0 Å². The second-order valence-corrected chi connectivity index (χ2v) is 5.62. The molecule has 1 heterocycles. The zero-order chi connectivity index (χ0) is 14.9. The van der Waals surface area contributed by atoms with Crippen molar-refractivity contribution in [1.82, 2.24) is 5.32 Å². The first kappa shape index (κ1) is 16.3. The number of rotatable bonds is 9. The van der Waals surface area contributed by atoms with Crippen LogP contribution in [-0.2, 0) is 22.4 Å². The highest BCUT2D eigenvalue weighted by Gasteiger charge is 2.13. The number of nitrogens with one attached hydrogen (secondary N) is 1. The van der Waals surface area contributed by atoms with Crippen LogP contribution in [0.4, 0.5) is 5.69 Å². The van der Waals surface area contributed by atoms with Crippen LogP contribution in [-0.4, -0.2) is 47.1 Å². The predicted octanol–water partition coefficient (Wildman–Crippen LogP) is 2.21. The maximum absolute atomic E-state index is 5.44. The summed E-state index contributed by atoms with van der Waals surface area (Å²) >= 11 is 0. The number of hydrogen-bond acceptors (Lipinski definition) is 4. The minimum atomic E-state index is 0.678. The van der Waals surface area contributed by atoms with Crippen LogP contribution in [0.2, 0.25) is 0 Å². The lowest BCUT2D eigenvalue weighted by Crippen LogP contribution is -2.25. The highest BCUT2D eigenvalue weighted by Crippen LogP contribution is 2.26. The predicted molar refractivity (Wildman–Crippen MR) is 87.1 cm³/mol. The van der Waals surface area contributed by atoms with Crippen molar-refractivity contribution in [3.63, 3.8) is 0 Å². The van der Waals surface area contributed by atoms with Crippen LogP contribution in [0.25, 0.3) is 0 Å². The van der Waals surface area contributed by atoms with Crippen molar-refractivity contribution in [3.8, 4) is 0 Å². The number of nitrogens with zero attached hydrogens (tertiary/aromatic N) is 1. The first-order valence-electron chi connectivity index (χ1n) is 7.91. The molecule has 1 aliphatic heterocycles. The summed E-state index contributed by atoms with van der Waals surface area (Å²) < 4.78 is 10.4. The molecule has 0 atom stereocenters. The highest BCUT2D eigenvalue weighted by molar-refractivity contribution is 5.56. The van der Waals surface area contributed by atoms with Gasteiger partial charge >= 0.3 is 0 Å². The monoisotopic (exact) mass is 292 g/mol. The van der Waals surface area contributed by atoms with E-state index in [1.807, 2.05) is 0 Å².